The second-order valence-corrected chi connectivity index (χ2v) is 8.76. The Labute approximate surface area is 217 Å². The predicted molar refractivity (Wildman–Crippen MR) is 140 cm³/mol. The van der Waals surface area contributed by atoms with Crippen molar-refractivity contribution >= 4 is 22.4 Å². The number of pyridine rings is 1. The van der Waals surface area contributed by atoms with Crippen molar-refractivity contribution in [1.82, 2.24) is 25.2 Å². The molecule has 1 aliphatic heterocycles. The summed E-state index contributed by atoms with van der Waals surface area (Å²) < 4.78 is 27.8. The molecule has 0 radical (unpaired) electrons. The second kappa shape index (κ2) is 11.2. The number of carbonyl (C=O) groups excluding carboxylic acids is 1. The lowest BCUT2D eigenvalue weighted by Crippen LogP contribution is -2.33. The molecule has 0 atom stereocenters. The zero-order valence-electron chi connectivity index (χ0n) is 20.3. The number of fused-ring (bicyclic) bond motifs is 1. The van der Waals surface area contributed by atoms with Gasteiger partial charge >= 0.3 is 0 Å². The monoisotopic (exact) mass is 511 g/mol. The molecule has 3 heterocycles. The van der Waals surface area contributed by atoms with Crippen LogP contribution in [0.2, 0.25) is 0 Å². The first kappa shape index (κ1) is 25.0. The third-order valence-electron chi connectivity index (χ3n) is 6.17. The molecule has 190 valence electrons. The van der Waals surface area contributed by atoms with Gasteiger partial charge in [-0.15, -0.1) is 0 Å². The van der Waals surface area contributed by atoms with Crippen LogP contribution in [0.1, 0.15) is 33.5 Å². The third-order valence-corrected chi connectivity index (χ3v) is 6.17. The van der Waals surface area contributed by atoms with Gasteiger partial charge in [-0.25, -0.2) is 13.8 Å². The van der Waals surface area contributed by atoms with Crippen molar-refractivity contribution in [3.05, 3.63) is 112 Å². The zero-order valence-corrected chi connectivity index (χ0v) is 20.3. The van der Waals surface area contributed by atoms with Crippen LogP contribution < -0.4 is 16.2 Å². The molecule has 0 spiro atoms. The van der Waals surface area contributed by atoms with Crippen molar-refractivity contribution in [3.63, 3.8) is 0 Å². The summed E-state index contributed by atoms with van der Waals surface area (Å²) >= 11 is 0. The SMILES string of the molecule is O=C(NCC#Cc1ccc2nccc(C3=CCCNC3)c2c1)c1cncn(Cc2ccc(F)c(F)c2)c1=O. The lowest BCUT2D eigenvalue weighted by atomic mass is 9.97. The van der Waals surface area contributed by atoms with Gasteiger partial charge in [0.1, 0.15) is 5.56 Å². The molecule has 0 unspecified atom stereocenters. The fraction of sp³-hybridized carbons (Fsp3) is 0.172. The number of aromatic nitrogens is 3. The average molecular weight is 512 g/mol. The van der Waals surface area contributed by atoms with Crippen LogP contribution in [-0.2, 0) is 6.54 Å². The van der Waals surface area contributed by atoms with Gasteiger partial charge in [-0.3, -0.25) is 19.1 Å². The summed E-state index contributed by atoms with van der Waals surface area (Å²) in [5.41, 5.74) is 3.60. The molecule has 9 heteroatoms. The number of rotatable bonds is 5. The maximum Gasteiger partial charge on any atom is 0.266 e. The summed E-state index contributed by atoms with van der Waals surface area (Å²) in [7, 11) is 0. The van der Waals surface area contributed by atoms with E-state index in [0.717, 1.165) is 58.2 Å². The Bertz CT molecular complexity index is 1680. The highest BCUT2D eigenvalue weighted by molar-refractivity contribution is 5.94. The van der Waals surface area contributed by atoms with E-state index in [4.69, 9.17) is 0 Å². The number of carbonyl (C=O) groups is 1. The molecule has 4 aromatic rings. The number of nitrogens with one attached hydrogen (secondary N) is 2. The molecule has 2 aromatic heterocycles. The van der Waals surface area contributed by atoms with Crippen LogP contribution in [0, 0.1) is 23.5 Å². The topological polar surface area (TPSA) is 88.9 Å². The van der Waals surface area contributed by atoms with E-state index in [9.17, 15) is 18.4 Å². The van der Waals surface area contributed by atoms with Gasteiger partial charge < -0.3 is 10.6 Å². The van der Waals surface area contributed by atoms with Gasteiger partial charge in [0.05, 0.1) is 24.9 Å². The number of hydrogen-bond acceptors (Lipinski definition) is 5. The maximum atomic E-state index is 13.5. The minimum Gasteiger partial charge on any atom is -0.341 e. The molecule has 0 bridgehead atoms. The average Bonchev–Trinajstić information content (AvgIpc) is 2.94. The fourth-order valence-electron chi connectivity index (χ4n) is 4.27. The Hall–Kier alpha value is -4.68. The van der Waals surface area contributed by atoms with E-state index in [0.29, 0.717) is 5.56 Å². The number of hydrogen-bond donors (Lipinski definition) is 2. The molecule has 7 nitrogen and oxygen atoms in total. The van der Waals surface area contributed by atoms with Crippen LogP contribution >= 0.6 is 0 Å². The minimum absolute atomic E-state index is 0.0172. The maximum absolute atomic E-state index is 13.5. The first-order valence-electron chi connectivity index (χ1n) is 12.0. The summed E-state index contributed by atoms with van der Waals surface area (Å²) in [5, 5.41) is 7.01. The molecule has 0 saturated carbocycles. The summed E-state index contributed by atoms with van der Waals surface area (Å²) in [6, 6.07) is 11.1. The molecular formula is C29H23F2N5O2. The molecule has 2 N–H and O–H groups in total. The highest BCUT2D eigenvalue weighted by atomic mass is 19.2. The molecule has 1 amide bonds. The van der Waals surface area contributed by atoms with E-state index < -0.39 is 23.1 Å². The minimum atomic E-state index is -1.02. The lowest BCUT2D eigenvalue weighted by molar-refractivity contribution is 0.0956. The standard InChI is InChI=1S/C29H23F2N5O2/c30-25-7-5-20(14-26(25)31)17-36-18-33-16-24(29(36)38)28(37)35-11-1-3-19-6-8-27-23(13-19)22(9-12-34-27)21-4-2-10-32-15-21/h4-9,12-14,16,18,32H,2,10-11,15,17H2,(H,35,37). The molecule has 1 aliphatic rings. The smallest absolute Gasteiger partial charge is 0.266 e. The first-order chi connectivity index (χ1) is 18.5. The molecule has 0 saturated heterocycles. The predicted octanol–water partition coefficient (Wildman–Crippen LogP) is 3.28. The van der Waals surface area contributed by atoms with E-state index in [2.05, 4.69) is 38.5 Å². The zero-order chi connectivity index (χ0) is 26.5. The van der Waals surface area contributed by atoms with Crippen LogP contribution in [0.4, 0.5) is 8.78 Å². The van der Waals surface area contributed by atoms with E-state index in [1.165, 1.54) is 24.2 Å². The quantitative estimate of drug-likeness (QED) is 0.402. The molecule has 0 fully saturated rings. The Morgan fingerprint density at radius 3 is 2.84 bits per heavy atom. The summed E-state index contributed by atoms with van der Waals surface area (Å²) in [6.45, 7) is 1.73. The Kier molecular flexibility index (Phi) is 7.33. The lowest BCUT2D eigenvalue weighted by Gasteiger charge is -2.16. The highest BCUT2D eigenvalue weighted by Crippen LogP contribution is 2.25. The van der Waals surface area contributed by atoms with Crippen molar-refractivity contribution in [2.45, 2.75) is 13.0 Å². The van der Waals surface area contributed by atoms with Gasteiger partial charge in [-0.2, -0.15) is 0 Å². The van der Waals surface area contributed by atoms with Crippen LogP contribution in [0.5, 0.6) is 0 Å². The third kappa shape index (κ3) is 5.51. The van der Waals surface area contributed by atoms with Gasteiger partial charge in [-0.05, 0) is 66.1 Å². The van der Waals surface area contributed by atoms with E-state index in [1.54, 1.807) is 6.20 Å². The van der Waals surface area contributed by atoms with Gasteiger partial charge in [0.25, 0.3) is 11.5 Å². The number of amides is 1. The van der Waals surface area contributed by atoms with Crippen molar-refractivity contribution in [1.29, 1.82) is 0 Å². The second-order valence-electron chi connectivity index (χ2n) is 8.76. The van der Waals surface area contributed by atoms with Crippen molar-refractivity contribution < 1.29 is 13.6 Å². The largest absolute Gasteiger partial charge is 0.341 e. The summed E-state index contributed by atoms with van der Waals surface area (Å²) in [4.78, 5) is 33.8. The Morgan fingerprint density at radius 2 is 2.03 bits per heavy atom. The highest BCUT2D eigenvalue weighted by Gasteiger charge is 2.13. The molecule has 2 aromatic carbocycles. The van der Waals surface area contributed by atoms with Crippen LogP contribution in [0.3, 0.4) is 0 Å². The van der Waals surface area contributed by atoms with Gasteiger partial charge in [0.2, 0.25) is 0 Å². The van der Waals surface area contributed by atoms with Crippen molar-refractivity contribution in [2.24, 2.45) is 0 Å². The van der Waals surface area contributed by atoms with E-state index in [-0.39, 0.29) is 18.7 Å². The number of benzene rings is 2. The van der Waals surface area contributed by atoms with E-state index >= 15 is 0 Å². The molecule has 38 heavy (non-hydrogen) atoms. The van der Waals surface area contributed by atoms with Gasteiger partial charge in [0.15, 0.2) is 11.6 Å². The van der Waals surface area contributed by atoms with Crippen LogP contribution in [0.25, 0.3) is 16.5 Å². The van der Waals surface area contributed by atoms with Crippen molar-refractivity contribution in [2.75, 3.05) is 19.6 Å². The van der Waals surface area contributed by atoms with Gasteiger partial charge in [-0.1, -0.05) is 24.0 Å². The Balaban J connectivity index is 1.28. The van der Waals surface area contributed by atoms with Gasteiger partial charge in [0, 0.05) is 29.9 Å². The normalized spacial score (nSPS) is 12.9. The Morgan fingerprint density at radius 1 is 1.13 bits per heavy atom. The number of halogens is 2. The molecular weight excluding hydrogens is 488 g/mol. The van der Waals surface area contributed by atoms with Crippen molar-refractivity contribution in [3.8, 4) is 11.8 Å². The van der Waals surface area contributed by atoms with Crippen LogP contribution in [-0.4, -0.2) is 40.1 Å². The first-order valence-corrected chi connectivity index (χ1v) is 12.0. The fourth-order valence-corrected chi connectivity index (χ4v) is 4.27. The van der Waals surface area contributed by atoms with Crippen LogP contribution in [0.15, 0.2) is 72.1 Å². The molecule has 5 rings (SSSR count). The summed E-state index contributed by atoms with van der Waals surface area (Å²) in [5.74, 6) is 3.34. The van der Waals surface area contributed by atoms with E-state index in [1.807, 2.05) is 24.3 Å². The summed E-state index contributed by atoms with van der Waals surface area (Å²) in [6.07, 6.45) is 7.43. The molecule has 0 aliphatic carbocycles. The number of nitrogens with zero attached hydrogens (tertiary/aromatic N) is 3.